The van der Waals surface area contributed by atoms with Crippen LogP contribution in [-0.2, 0) is 17.9 Å². The highest BCUT2D eigenvalue weighted by molar-refractivity contribution is 7.99. The minimum atomic E-state index is -0.148. The smallest absolute Gasteiger partial charge is 0.243 e. The van der Waals surface area contributed by atoms with Gasteiger partial charge in [0.25, 0.3) is 0 Å². The first-order valence-corrected chi connectivity index (χ1v) is 11.1. The third-order valence-corrected chi connectivity index (χ3v) is 5.56. The molecule has 1 amide bonds. The summed E-state index contributed by atoms with van der Waals surface area (Å²) in [5.74, 6) is 2.55. The minimum Gasteiger partial charge on any atom is -0.476 e. The summed E-state index contributed by atoms with van der Waals surface area (Å²) >= 11 is 1.33. The van der Waals surface area contributed by atoms with E-state index in [2.05, 4.69) is 20.6 Å². The molecule has 3 aromatic rings. The molecule has 1 aliphatic rings. The van der Waals surface area contributed by atoms with Crippen LogP contribution >= 0.6 is 11.8 Å². The quantitative estimate of drug-likeness (QED) is 0.502. The number of aromatic nitrogens is 5. The average molecular weight is 445 g/mol. The molecule has 0 radical (unpaired) electrons. The van der Waals surface area contributed by atoms with Gasteiger partial charge in [-0.25, -0.2) is 0 Å². The van der Waals surface area contributed by atoms with Crippen molar-refractivity contribution in [2.45, 2.75) is 39.0 Å². The molecule has 0 saturated heterocycles. The maximum atomic E-state index is 12.4. The SMILES string of the molecule is CCOc1nn(CC)cc1-c1nnc(SCC(=O)Nc2ccc3c(c2)OCO3)n1CC. The van der Waals surface area contributed by atoms with Gasteiger partial charge in [0.2, 0.25) is 18.6 Å². The molecule has 164 valence electrons. The number of fused-ring (bicyclic) bond motifs is 1. The molecular weight excluding hydrogens is 420 g/mol. The molecule has 0 bridgehead atoms. The predicted octanol–water partition coefficient (Wildman–Crippen LogP) is 3.04. The number of hydrogen-bond donors (Lipinski definition) is 1. The maximum absolute atomic E-state index is 12.4. The molecule has 10 nitrogen and oxygen atoms in total. The number of carbonyl (C=O) groups excluding carboxylic acids is 1. The van der Waals surface area contributed by atoms with Crippen LogP contribution in [0.25, 0.3) is 11.4 Å². The molecular formula is C20H24N6O4S. The fraction of sp³-hybridized carbons (Fsp3) is 0.400. The lowest BCUT2D eigenvalue weighted by Crippen LogP contribution is -2.14. The van der Waals surface area contributed by atoms with Crippen molar-refractivity contribution in [3.63, 3.8) is 0 Å². The summed E-state index contributed by atoms with van der Waals surface area (Å²) in [6, 6.07) is 5.30. The summed E-state index contributed by atoms with van der Waals surface area (Å²) in [6.07, 6.45) is 1.90. The van der Waals surface area contributed by atoms with Crippen molar-refractivity contribution in [2.24, 2.45) is 0 Å². The van der Waals surface area contributed by atoms with Gasteiger partial charge < -0.3 is 24.1 Å². The van der Waals surface area contributed by atoms with Crippen LogP contribution in [-0.4, -0.2) is 49.6 Å². The zero-order valence-corrected chi connectivity index (χ0v) is 18.4. The second kappa shape index (κ2) is 9.29. The number of nitrogens with zero attached hydrogens (tertiary/aromatic N) is 5. The van der Waals surface area contributed by atoms with E-state index in [4.69, 9.17) is 14.2 Å². The van der Waals surface area contributed by atoms with E-state index in [0.29, 0.717) is 47.2 Å². The molecule has 31 heavy (non-hydrogen) atoms. The van der Waals surface area contributed by atoms with E-state index < -0.39 is 0 Å². The van der Waals surface area contributed by atoms with Gasteiger partial charge >= 0.3 is 0 Å². The van der Waals surface area contributed by atoms with Crippen LogP contribution in [0.3, 0.4) is 0 Å². The fourth-order valence-electron chi connectivity index (χ4n) is 3.14. The molecule has 11 heteroatoms. The normalized spacial score (nSPS) is 12.2. The van der Waals surface area contributed by atoms with Crippen LogP contribution in [0.1, 0.15) is 20.8 Å². The first-order valence-electron chi connectivity index (χ1n) is 10.1. The first-order chi connectivity index (χ1) is 15.1. The summed E-state index contributed by atoms with van der Waals surface area (Å²) < 4.78 is 20.1. The molecule has 0 atom stereocenters. The molecule has 0 spiro atoms. The number of thioether (sulfide) groups is 1. The Morgan fingerprint density at radius 2 is 2.03 bits per heavy atom. The van der Waals surface area contributed by atoms with Crippen LogP contribution in [0, 0.1) is 0 Å². The van der Waals surface area contributed by atoms with E-state index in [9.17, 15) is 4.79 Å². The van der Waals surface area contributed by atoms with Crippen LogP contribution in [0.4, 0.5) is 5.69 Å². The van der Waals surface area contributed by atoms with E-state index in [-0.39, 0.29) is 18.5 Å². The average Bonchev–Trinajstić information content (AvgIpc) is 3.49. The zero-order chi connectivity index (χ0) is 21.8. The molecule has 1 aromatic carbocycles. The highest BCUT2D eigenvalue weighted by atomic mass is 32.2. The van der Waals surface area contributed by atoms with Gasteiger partial charge in [-0.05, 0) is 32.9 Å². The molecule has 0 fully saturated rings. The maximum Gasteiger partial charge on any atom is 0.243 e. The Bertz CT molecular complexity index is 1080. The Balaban J connectivity index is 1.46. The summed E-state index contributed by atoms with van der Waals surface area (Å²) in [4.78, 5) is 12.4. The van der Waals surface area contributed by atoms with E-state index in [1.807, 2.05) is 31.5 Å². The second-order valence-electron chi connectivity index (χ2n) is 6.59. The van der Waals surface area contributed by atoms with Gasteiger partial charge in [-0.1, -0.05) is 11.8 Å². The summed E-state index contributed by atoms with van der Waals surface area (Å²) in [7, 11) is 0. The van der Waals surface area contributed by atoms with Crippen LogP contribution in [0.5, 0.6) is 17.4 Å². The van der Waals surface area contributed by atoms with Gasteiger partial charge in [0.05, 0.1) is 12.4 Å². The summed E-state index contributed by atoms with van der Waals surface area (Å²) in [5, 5.41) is 16.6. The highest BCUT2D eigenvalue weighted by Gasteiger charge is 2.21. The third-order valence-electron chi connectivity index (χ3n) is 4.60. The minimum absolute atomic E-state index is 0.148. The molecule has 4 rings (SSSR count). The number of hydrogen-bond acceptors (Lipinski definition) is 8. The third kappa shape index (κ3) is 4.46. The molecule has 3 heterocycles. The monoisotopic (exact) mass is 444 g/mol. The Morgan fingerprint density at radius 1 is 1.19 bits per heavy atom. The standard InChI is InChI=1S/C20H24N6O4S/c1-4-25-10-14(19(24-25)28-6-3)18-22-23-20(26(18)5-2)31-11-17(27)21-13-7-8-15-16(9-13)30-12-29-15/h7-10H,4-6,11-12H2,1-3H3,(H,21,27). The summed E-state index contributed by atoms with van der Waals surface area (Å²) in [6.45, 7) is 8.01. The van der Waals surface area contributed by atoms with E-state index in [1.165, 1.54) is 11.8 Å². The van der Waals surface area contributed by atoms with Crippen molar-refractivity contribution in [1.82, 2.24) is 24.5 Å². The Labute approximate surface area is 183 Å². The van der Waals surface area contributed by atoms with Crippen molar-refractivity contribution in [2.75, 3.05) is 24.5 Å². The number of aryl methyl sites for hydroxylation is 1. The van der Waals surface area contributed by atoms with Crippen LogP contribution in [0.15, 0.2) is 29.6 Å². The van der Waals surface area contributed by atoms with E-state index in [1.54, 1.807) is 22.9 Å². The summed E-state index contributed by atoms with van der Waals surface area (Å²) in [5.41, 5.74) is 1.44. The molecule has 1 aliphatic heterocycles. The van der Waals surface area contributed by atoms with Gasteiger partial charge in [-0.15, -0.1) is 15.3 Å². The number of carbonyl (C=O) groups is 1. The van der Waals surface area contributed by atoms with Crippen LogP contribution in [0.2, 0.25) is 0 Å². The van der Waals surface area contributed by atoms with Crippen molar-refractivity contribution in [3.8, 4) is 28.8 Å². The van der Waals surface area contributed by atoms with Gasteiger partial charge in [0.1, 0.15) is 5.56 Å². The topological polar surface area (TPSA) is 105 Å². The number of nitrogens with one attached hydrogen (secondary N) is 1. The molecule has 0 aliphatic carbocycles. The molecule has 1 N–H and O–H groups in total. The lowest BCUT2D eigenvalue weighted by molar-refractivity contribution is -0.113. The van der Waals surface area contributed by atoms with Crippen molar-refractivity contribution in [3.05, 3.63) is 24.4 Å². The Hall–Kier alpha value is -3.21. The van der Waals surface area contributed by atoms with Crippen molar-refractivity contribution < 1.29 is 19.0 Å². The van der Waals surface area contributed by atoms with Crippen molar-refractivity contribution >= 4 is 23.4 Å². The van der Waals surface area contributed by atoms with Crippen LogP contribution < -0.4 is 19.5 Å². The fourth-order valence-corrected chi connectivity index (χ4v) is 3.95. The number of rotatable bonds is 9. The molecule has 2 aromatic heterocycles. The first kappa shape index (κ1) is 21.0. The lowest BCUT2D eigenvalue weighted by Gasteiger charge is -2.08. The number of benzene rings is 1. The Kier molecular flexibility index (Phi) is 6.31. The van der Waals surface area contributed by atoms with Gasteiger partial charge in [-0.2, -0.15) is 0 Å². The zero-order valence-electron chi connectivity index (χ0n) is 17.6. The lowest BCUT2D eigenvalue weighted by atomic mass is 10.3. The Morgan fingerprint density at radius 3 is 2.81 bits per heavy atom. The number of amides is 1. The predicted molar refractivity (Wildman–Crippen MR) is 116 cm³/mol. The molecule has 0 unspecified atom stereocenters. The van der Waals surface area contributed by atoms with E-state index >= 15 is 0 Å². The van der Waals surface area contributed by atoms with Gasteiger partial charge in [0, 0.05) is 31.0 Å². The second-order valence-corrected chi connectivity index (χ2v) is 7.53. The van der Waals surface area contributed by atoms with Gasteiger partial charge in [0.15, 0.2) is 22.5 Å². The molecule has 0 saturated carbocycles. The van der Waals surface area contributed by atoms with Crippen molar-refractivity contribution in [1.29, 1.82) is 0 Å². The van der Waals surface area contributed by atoms with Gasteiger partial charge in [-0.3, -0.25) is 9.48 Å². The largest absolute Gasteiger partial charge is 0.476 e. The van der Waals surface area contributed by atoms with E-state index in [0.717, 1.165) is 12.1 Å². The highest BCUT2D eigenvalue weighted by Crippen LogP contribution is 2.34. The number of anilines is 1. The number of ether oxygens (including phenoxy) is 3.